The van der Waals surface area contributed by atoms with Gasteiger partial charge in [-0.25, -0.2) is 4.39 Å². The van der Waals surface area contributed by atoms with E-state index in [9.17, 15) is 4.39 Å². The molecular weight excluding hydrogens is 510 g/mol. The fourth-order valence-corrected chi connectivity index (χ4v) is 4.11. The van der Waals surface area contributed by atoms with Crippen molar-refractivity contribution in [3.05, 3.63) is 35.6 Å². The number of aliphatic imine (C=N–C) groups is 1. The molecule has 1 aliphatic heterocycles. The summed E-state index contributed by atoms with van der Waals surface area (Å²) >= 11 is 0. The average molecular weight is 548 g/mol. The van der Waals surface area contributed by atoms with Crippen LogP contribution in [0.2, 0.25) is 0 Å². The molecule has 0 amide bonds. The first-order valence-corrected chi connectivity index (χ1v) is 11.5. The molecule has 1 aliphatic carbocycles. The first-order valence-electron chi connectivity index (χ1n) is 11.5. The van der Waals surface area contributed by atoms with Crippen molar-refractivity contribution in [2.24, 2.45) is 4.99 Å². The summed E-state index contributed by atoms with van der Waals surface area (Å²) in [6.07, 6.45) is 6.47. The summed E-state index contributed by atoms with van der Waals surface area (Å²) in [5.74, 6) is 0.608. The molecule has 2 N–H and O–H groups in total. The van der Waals surface area contributed by atoms with Gasteiger partial charge in [-0.2, -0.15) is 0 Å². The van der Waals surface area contributed by atoms with Gasteiger partial charge in [0.2, 0.25) is 0 Å². The molecule has 6 nitrogen and oxygen atoms in total. The number of morpholine rings is 1. The number of benzene rings is 1. The molecule has 1 saturated heterocycles. The van der Waals surface area contributed by atoms with Crippen molar-refractivity contribution in [1.29, 1.82) is 0 Å². The Morgan fingerprint density at radius 2 is 1.90 bits per heavy atom. The topological polar surface area (TPSA) is 58.1 Å². The second-order valence-electron chi connectivity index (χ2n) is 7.99. The van der Waals surface area contributed by atoms with E-state index in [1.165, 1.54) is 37.8 Å². The quantitative estimate of drug-likeness (QED) is 0.202. The van der Waals surface area contributed by atoms with Gasteiger partial charge in [-0.05, 0) is 43.9 Å². The van der Waals surface area contributed by atoms with Crippen LogP contribution in [-0.2, 0) is 9.47 Å². The van der Waals surface area contributed by atoms with Crippen LogP contribution >= 0.6 is 24.0 Å². The van der Waals surface area contributed by atoms with Crippen LogP contribution in [0.4, 0.5) is 4.39 Å². The summed E-state index contributed by atoms with van der Waals surface area (Å²) in [5, 5.41) is 6.75. The Kier molecular flexibility index (Phi) is 12.7. The largest absolute Gasteiger partial charge is 0.379 e. The van der Waals surface area contributed by atoms with Gasteiger partial charge in [0.25, 0.3) is 0 Å². The van der Waals surface area contributed by atoms with E-state index in [0.717, 1.165) is 63.9 Å². The van der Waals surface area contributed by atoms with Gasteiger partial charge < -0.3 is 20.1 Å². The van der Waals surface area contributed by atoms with Crippen LogP contribution in [0.25, 0.3) is 0 Å². The number of guanidine groups is 1. The Bertz CT molecular complexity index is 635. The van der Waals surface area contributed by atoms with E-state index in [1.807, 2.05) is 12.1 Å². The van der Waals surface area contributed by atoms with Crippen LogP contribution in [0.5, 0.6) is 0 Å². The molecule has 0 bridgehead atoms. The molecular formula is C23H38FIN4O2. The standard InChI is InChI=1S/C23H37FN4O2.HI/c1-2-25-23(26-12-5-15-30-21-6-3-4-7-21)27-18-22(28-13-16-29-17-14-28)19-8-10-20(24)11-9-19;/h8-11,21-22H,2-7,12-18H2,1H3,(H2,25,26,27);1H. The first kappa shape index (κ1) is 26.3. The maximum atomic E-state index is 13.4. The van der Waals surface area contributed by atoms with Gasteiger partial charge in [-0.15, -0.1) is 24.0 Å². The van der Waals surface area contributed by atoms with E-state index in [-0.39, 0.29) is 35.8 Å². The van der Waals surface area contributed by atoms with Gasteiger partial charge >= 0.3 is 0 Å². The molecule has 31 heavy (non-hydrogen) atoms. The van der Waals surface area contributed by atoms with Crippen molar-refractivity contribution >= 4 is 29.9 Å². The summed E-state index contributed by atoms with van der Waals surface area (Å²) in [4.78, 5) is 7.21. The molecule has 0 spiro atoms. The smallest absolute Gasteiger partial charge is 0.191 e. The predicted octanol–water partition coefficient (Wildman–Crippen LogP) is 3.72. The van der Waals surface area contributed by atoms with Gasteiger partial charge in [0.1, 0.15) is 5.82 Å². The zero-order valence-corrected chi connectivity index (χ0v) is 21.0. The van der Waals surface area contributed by atoms with E-state index >= 15 is 0 Å². The van der Waals surface area contributed by atoms with Crippen LogP contribution in [0.1, 0.15) is 50.6 Å². The number of rotatable bonds is 10. The lowest BCUT2D eigenvalue weighted by Crippen LogP contribution is -2.42. The lowest BCUT2D eigenvalue weighted by molar-refractivity contribution is 0.0179. The van der Waals surface area contributed by atoms with Gasteiger partial charge in [0.05, 0.1) is 31.9 Å². The van der Waals surface area contributed by atoms with Crippen LogP contribution in [0.3, 0.4) is 0 Å². The fourth-order valence-electron chi connectivity index (χ4n) is 4.11. The van der Waals surface area contributed by atoms with Crippen molar-refractivity contribution in [3.63, 3.8) is 0 Å². The van der Waals surface area contributed by atoms with Crippen molar-refractivity contribution in [1.82, 2.24) is 15.5 Å². The van der Waals surface area contributed by atoms with Crippen LogP contribution in [-0.4, -0.2) is 69.5 Å². The highest BCUT2D eigenvalue weighted by molar-refractivity contribution is 14.0. The molecule has 0 aromatic heterocycles. The summed E-state index contributed by atoms with van der Waals surface area (Å²) < 4.78 is 24.9. The highest BCUT2D eigenvalue weighted by atomic mass is 127. The minimum atomic E-state index is -0.210. The second kappa shape index (κ2) is 15.0. The normalized spacial score (nSPS) is 19.1. The van der Waals surface area contributed by atoms with Gasteiger partial charge in [-0.1, -0.05) is 25.0 Å². The first-order chi connectivity index (χ1) is 14.8. The number of hydrogen-bond donors (Lipinski definition) is 2. The fraction of sp³-hybridized carbons (Fsp3) is 0.696. The zero-order chi connectivity index (χ0) is 21.0. The van der Waals surface area contributed by atoms with Crippen LogP contribution in [0.15, 0.2) is 29.3 Å². The van der Waals surface area contributed by atoms with Crippen molar-refractivity contribution < 1.29 is 13.9 Å². The van der Waals surface area contributed by atoms with E-state index < -0.39 is 0 Å². The maximum Gasteiger partial charge on any atom is 0.191 e. The molecule has 2 aliphatic rings. The molecule has 3 rings (SSSR count). The number of nitrogens with one attached hydrogen (secondary N) is 2. The van der Waals surface area contributed by atoms with Crippen LogP contribution < -0.4 is 10.6 Å². The number of hydrogen-bond acceptors (Lipinski definition) is 4. The number of nitrogens with zero attached hydrogens (tertiary/aromatic N) is 2. The molecule has 1 atom stereocenters. The summed E-state index contributed by atoms with van der Waals surface area (Å²) in [5.41, 5.74) is 1.09. The SMILES string of the molecule is CCNC(=NCC(c1ccc(F)cc1)N1CCOCC1)NCCCOC1CCCC1.I. The van der Waals surface area contributed by atoms with Crippen LogP contribution in [0, 0.1) is 5.82 Å². The average Bonchev–Trinajstić information content (AvgIpc) is 3.29. The summed E-state index contributed by atoms with van der Waals surface area (Å²) in [6, 6.07) is 6.90. The monoisotopic (exact) mass is 548 g/mol. The van der Waals surface area contributed by atoms with E-state index in [2.05, 4.69) is 22.5 Å². The van der Waals surface area contributed by atoms with E-state index in [4.69, 9.17) is 14.5 Å². The summed E-state index contributed by atoms with van der Waals surface area (Å²) in [7, 11) is 0. The van der Waals surface area contributed by atoms with Gasteiger partial charge in [0, 0.05) is 32.8 Å². The molecule has 8 heteroatoms. The van der Waals surface area contributed by atoms with Gasteiger partial charge in [0.15, 0.2) is 5.96 Å². The lowest BCUT2D eigenvalue weighted by atomic mass is 10.0. The number of ether oxygens (including phenoxy) is 2. The van der Waals surface area contributed by atoms with Gasteiger partial charge in [-0.3, -0.25) is 9.89 Å². The third kappa shape index (κ3) is 9.19. The number of halogens is 2. The molecule has 1 heterocycles. The van der Waals surface area contributed by atoms with Crippen molar-refractivity contribution in [2.45, 2.75) is 51.2 Å². The predicted molar refractivity (Wildman–Crippen MR) is 134 cm³/mol. The molecule has 2 fully saturated rings. The summed E-state index contributed by atoms with van der Waals surface area (Å²) in [6.45, 7) is 8.28. The zero-order valence-electron chi connectivity index (χ0n) is 18.7. The molecule has 1 aromatic rings. The Labute approximate surface area is 203 Å². The van der Waals surface area contributed by atoms with E-state index in [1.54, 1.807) is 0 Å². The van der Waals surface area contributed by atoms with Crippen molar-refractivity contribution in [2.75, 3.05) is 52.5 Å². The minimum absolute atomic E-state index is 0. The molecule has 1 saturated carbocycles. The Morgan fingerprint density at radius 3 is 2.58 bits per heavy atom. The van der Waals surface area contributed by atoms with Crippen molar-refractivity contribution in [3.8, 4) is 0 Å². The second-order valence-corrected chi connectivity index (χ2v) is 7.99. The molecule has 1 unspecified atom stereocenters. The Hall–Kier alpha value is -0.970. The third-order valence-corrected chi connectivity index (χ3v) is 5.78. The Balaban J connectivity index is 0.00000341. The third-order valence-electron chi connectivity index (χ3n) is 5.78. The highest BCUT2D eigenvalue weighted by Gasteiger charge is 2.22. The molecule has 176 valence electrons. The molecule has 0 radical (unpaired) electrons. The van der Waals surface area contributed by atoms with E-state index in [0.29, 0.717) is 12.6 Å². The minimum Gasteiger partial charge on any atom is -0.379 e. The molecule has 1 aromatic carbocycles. The Morgan fingerprint density at radius 1 is 1.19 bits per heavy atom. The lowest BCUT2D eigenvalue weighted by Gasteiger charge is -2.34. The highest BCUT2D eigenvalue weighted by Crippen LogP contribution is 2.23. The maximum absolute atomic E-state index is 13.4.